The zero-order valence-electron chi connectivity index (χ0n) is 37.8. The van der Waals surface area contributed by atoms with Gasteiger partial charge in [-0.15, -0.1) is 0 Å². The quantitative estimate of drug-likeness (QED) is 0.278. The van der Waals surface area contributed by atoms with Crippen molar-refractivity contribution in [3.05, 3.63) is 212 Å². The summed E-state index contributed by atoms with van der Waals surface area (Å²) in [6.45, 7) is 0. The largest absolute Gasteiger partial charge is 0.494 e. The van der Waals surface area contributed by atoms with Crippen molar-refractivity contribution in [1.82, 2.24) is 9.80 Å². The zero-order chi connectivity index (χ0) is 43.5. The summed E-state index contributed by atoms with van der Waals surface area (Å²) in [7, 11) is 0. The van der Waals surface area contributed by atoms with Crippen molar-refractivity contribution < 1.29 is 18.9 Å². The summed E-state index contributed by atoms with van der Waals surface area (Å²) in [5.41, 5.74) is 12.0. The highest BCUT2D eigenvalue weighted by Crippen LogP contribution is 2.57. The van der Waals surface area contributed by atoms with E-state index in [1.165, 1.54) is 56.6 Å². The molecule has 336 valence electrons. The molecule has 10 aliphatic carbocycles. The lowest BCUT2D eigenvalue weighted by Gasteiger charge is -2.36. The Bertz CT molecular complexity index is 2710. The van der Waals surface area contributed by atoms with E-state index in [0.29, 0.717) is 47.6 Å². The van der Waals surface area contributed by atoms with E-state index < -0.39 is 0 Å². The van der Waals surface area contributed by atoms with Crippen LogP contribution in [0.1, 0.15) is 64.2 Å². The average molecular weight is 901 g/mol. The number of hydrogen-bond acceptors (Lipinski definition) is 7. The van der Waals surface area contributed by atoms with Gasteiger partial charge in [0.25, 0.3) is 0 Å². The molecule has 0 saturated carbocycles. The minimum absolute atomic E-state index is 0.0430. The number of ether oxygens (including phenoxy) is 4. The molecule has 14 unspecified atom stereocenters. The van der Waals surface area contributed by atoms with Gasteiger partial charge >= 0.3 is 0 Å². The SMILES string of the molecule is C1=CC2C3=C(C=CCC3)N(C3=CC4C(CC3)OC3=CC5=C(CC34)C3C=C(SC4=CC6C7=C(C=C8OC9CCC(N%10C%11=C(CCC=C%11)C%11C=CC=CC%11%10)=CC9C8C7)OC6C=C4)C=CC3O5)C2C=C1. The molecule has 0 bridgehead atoms. The minimum Gasteiger partial charge on any atom is -0.494 e. The van der Waals surface area contributed by atoms with Crippen LogP contribution in [-0.4, -0.2) is 46.3 Å². The summed E-state index contributed by atoms with van der Waals surface area (Å²) in [5.74, 6) is 7.33. The Morgan fingerprint density at radius 2 is 0.970 bits per heavy atom. The predicted octanol–water partition coefficient (Wildman–Crippen LogP) is 12.4. The molecule has 2 fully saturated rings. The van der Waals surface area contributed by atoms with Crippen LogP contribution >= 0.6 is 11.8 Å². The van der Waals surface area contributed by atoms with Crippen LogP contribution in [0.15, 0.2) is 212 Å². The zero-order valence-corrected chi connectivity index (χ0v) is 38.6. The molecule has 2 saturated heterocycles. The van der Waals surface area contributed by atoms with E-state index in [2.05, 4.69) is 143 Å². The van der Waals surface area contributed by atoms with Gasteiger partial charge in [-0.25, -0.2) is 0 Å². The lowest BCUT2D eigenvalue weighted by molar-refractivity contribution is 0.121. The normalized spacial score (nSPS) is 41.1. The summed E-state index contributed by atoms with van der Waals surface area (Å²) in [4.78, 5) is 7.99. The Morgan fingerprint density at radius 1 is 0.478 bits per heavy atom. The molecule has 67 heavy (non-hydrogen) atoms. The molecule has 6 nitrogen and oxygen atoms in total. The summed E-state index contributed by atoms with van der Waals surface area (Å²) in [6, 6.07) is 0.785. The maximum atomic E-state index is 6.80. The van der Waals surface area contributed by atoms with Gasteiger partial charge < -0.3 is 28.7 Å². The lowest BCUT2D eigenvalue weighted by Crippen LogP contribution is -2.35. The van der Waals surface area contributed by atoms with Crippen molar-refractivity contribution in [2.75, 3.05) is 0 Å². The second kappa shape index (κ2) is 14.5. The molecule has 0 amide bonds. The van der Waals surface area contributed by atoms with E-state index in [1.807, 2.05) is 11.8 Å². The van der Waals surface area contributed by atoms with Crippen LogP contribution in [0.5, 0.6) is 0 Å². The topological polar surface area (TPSA) is 43.4 Å². The van der Waals surface area contributed by atoms with Gasteiger partial charge in [-0.1, -0.05) is 96.8 Å². The van der Waals surface area contributed by atoms with Crippen molar-refractivity contribution in [2.24, 2.45) is 47.3 Å². The smallest absolute Gasteiger partial charge is 0.127 e. The van der Waals surface area contributed by atoms with Crippen LogP contribution in [0, 0.1) is 47.3 Å². The van der Waals surface area contributed by atoms with Gasteiger partial charge in [-0.2, -0.15) is 0 Å². The van der Waals surface area contributed by atoms with Crippen LogP contribution in [0.4, 0.5) is 0 Å². The molecule has 14 atom stereocenters. The lowest BCUT2D eigenvalue weighted by atomic mass is 9.75. The van der Waals surface area contributed by atoms with Crippen LogP contribution < -0.4 is 0 Å². The average Bonchev–Trinajstić information content (AvgIpc) is 4.22. The number of thioether (sulfide) groups is 1. The van der Waals surface area contributed by atoms with Gasteiger partial charge in [0.05, 0.1) is 12.1 Å². The van der Waals surface area contributed by atoms with E-state index in [-0.39, 0.29) is 36.3 Å². The highest BCUT2D eigenvalue weighted by Gasteiger charge is 2.52. The second-order valence-electron chi connectivity index (χ2n) is 21.5. The van der Waals surface area contributed by atoms with Gasteiger partial charge in [0.2, 0.25) is 0 Å². The molecule has 7 heteroatoms. The Morgan fingerprint density at radius 3 is 1.48 bits per heavy atom. The molecule has 0 aromatic heterocycles. The number of nitrogens with zero attached hydrogens (tertiary/aromatic N) is 2. The first kappa shape index (κ1) is 38.4. The van der Waals surface area contributed by atoms with Crippen molar-refractivity contribution in [3.8, 4) is 0 Å². The van der Waals surface area contributed by atoms with Crippen LogP contribution in [-0.2, 0) is 18.9 Å². The molecule has 0 radical (unpaired) electrons. The van der Waals surface area contributed by atoms with Crippen molar-refractivity contribution in [3.63, 3.8) is 0 Å². The van der Waals surface area contributed by atoms with E-state index in [1.54, 1.807) is 11.1 Å². The molecule has 0 spiro atoms. The van der Waals surface area contributed by atoms with E-state index in [9.17, 15) is 0 Å². The van der Waals surface area contributed by atoms with Gasteiger partial charge in [-0.3, -0.25) is 0 Å². The van der Waals surface area contributed by atoms with Crippen LogP contribution in [0.25, 0.3) is 0 Å². The molecule has 0 aromatic carbocycles. The Kier molecular flexibility index (Phi) is 8.32. The fraction of sp³-hybridized carbons (Fsp3) is 0.400. The maximum Gasteiger partial charge on any atom is 0.127 e. The fourth-order valence-electron chi connectivity index (χ4n) is 15.3. The summed E-state index contributed by atoms with van der Waals surface area (Å²) in [5, 5.41) is 0. The number of allylic oxidation sites excluding steroid dienone is 16. The first-order valence-electron chi connectivity index (χ1n) is 25.7. The Balaban J connectivity index is 0.630. The number of fused-ring (bicyclic) bond motifs is 14. The first-order valence-corrected chi connectivity index (χ1v) is 26.5. The van der Waals surface area contributed by atoms with Gasteiger partial charge in [0.1, 0.15) is 47.5 Å². The van der Waals surface area contributed by atoms with Gasteiger partial charge in [0.15, 0.2) is 0 Å². The first-order chi connectivity index (χ1) is 33.1. The molecular formula is C60H56N2O4S. The summed E-state index contributed by atoms with van der Waals surface area (Å²) < 4.78 is 27.0. The van der Waals surface area contributed by atoms with Crippen molar-refractivity contribution in [1.29, 1.82) is 0 Å². The summed E-state index contributed by atoms with van der Waals surface area (Å²) in [6.07, 6.45) is 63.8. The maximum absolute atomic E-state index is 6.80. The monoisotopic (exact) mass is 900 g/mol. The van der Waals surface area contributed by atoms with E-state index in [0.717, 1.165) is 74.4 Å². The minimum atomic E-state index is 0.0430. The van der Waals surface area contributed by atoms with E-state index >= 15 is 0 Å². The van der Waals surface area contributed by atoms with Gasteiger partial charge in [0, 0.05) is 92.1 Å². The van der Waals surface area contributed by atoms with Crippen LogP contribution in [0.2, 0.25) is 0 Å². The molecular weight excluding hydrogens is 845 g/mol. The molecule has 6 heterocycles. The molecule has 16 aliphatic rings. The standard InChI is InChI=1S/C60H56N2O4S/c1-5-13-49-37(9-1)38-10-2-6-14-50(38)61(49)33-17-21-53-41(25-33)45-29-47-43-27-35(19-23-55(43)65-59(47)31-57(45)63-53)67-36-20-24-56-44(28-36)48-30-46-42-26-34(18-22-54(42)64-58(46)32-60(48)66-56)62-51-15-7-3-11-39(51)40-12-4-8-16-52(40)62/h1,3,5-9,11,13-16,19-20,23-28,31-32,37,39,41-46,49,51,53-56H,2,4,10,12,17-18,21-22,29-30H2. The van der Waals surface area contributed by atoms with Gasteiger partial charge in [-0.05, 0) is 123 Å². The molecule has 6 aliphatic heterocycles. The highest BCUT2D eigenvalue weighted by molar-refractivity contribution is 8.07. The third-order valence-electron chi connectivity index (χ3n) is 18.3. The molecule has 16 rings (SSSR count). The number of rotatable bonds is 4. The Labute approximate surface area is 398 Å². The van der Waals surface area contributed by atoms with Crippen molar-refractivity contribution >= 4 is 11.8 Å². The molecule has 0 aromatic rings. The Hall–Kier alpha value is -5.53. The highest BCUT2D eigenvalue weighted by atomic mass is 32.2. The van der Waals surface area contributed by atoms with E-state index in [4.69, 9.17) is 18.9 Å². The summed E-state index contributed by atoms with van der Waals surface area (Å²) >= 11 is 1.90. The third kappa shape index (κ3) is 5.70. The fourth-order valence-corrected chi connectivity index (χ4v) is 16.3. The third-order valence-corrected chi connectivity index (χ3v) is 19.3. The predicted molar refractivity (Wildman–Crippen MR) is 262 cm³/mol. The molecule has 0 N–H and O–H groups in total. The second-order valence-corrected chi connectivity index (χ2v) is 22.7. The number of hydrogen-bond donors (Lipinski definition) is 0. The van der Waals surface area contributed by atoms with Crippen LogP contribution in [0.3, 0.4) is 0 Å². The van der Waals surface area contributed by atoms with Crippen molar-refractivity contribution in [2.45, 2.75) is 101 Å².